The Bertz CT molecular complexity index is 663. The van der Waals surface area contributed by atoms with E-state index in [0.29, 0.717) is 11.4 Å². The van der Waals surface area contributed by atoms with Crippen LogP contribution in [-0.2, 0) is 0 Å². The molecule has 0 aliphatic carbocycles. The molecule has 0 unspecified atom stereocenters. The predicted molar refractivity (Wildman–Crippen MR) is 83.9 cm³/mol. The number of nitrogens with two attached hydrogens (primary N) is 1. The van der Waals surface area contributed by atoms with Crippen molar-refractivity contribution in [3.05, 3.63) is 51.1 Å². The number of amides is 1. The molecule has 1 aromatic carbocycles. The van der Waals surface area contributed by atoms with Gasteiger partial charge in [0, 0.05) is 15.7 Å². The van der Waals surface area contributed by atoms with Crippen LogP contribution in [0.25, 0.3) is 0 Å². The Balaban J connectivity index is 2.28. The van der Waals surface area contributed by atoms with Gasteiger partial charge in [0.25, 0.3) is 5.91 Å². The van der Waals surface area contributed by atoms with Crippen LogP contribution in [0, 0.1) is 6.92 Å². The van der Waals surface area contributed by atoms with Gasteiger partial charge in [0.15, 0.2) is 0 Å². The third-order valence-electron chi connectivity index (χ3n) is 2.65. The summed E-state index contributed by atoms with van der Waals surface area (Å²) < 4.78 is 0.885. The lowest BCUT2D eigenvalue weighted by molar-refractivity contribution is 0.102. The van der Waals surface area contributed by atoms with Crippen molar-refractivity contribution in [3.8, 4) is 0 Å². The highest BCUT2D eigenvalue weighted by atomic mass is 79.9. The highest BCUT2D eigenvalue weighted by Gasteiger charge is 2.11. The summed E-state index contributed by atoms with van der Waals surface area (Å²) in [6.45, 7) is 1.91. The fraction of sp³-hybridized carbons (Fsp3) is 0.0769. The molecular formula is C13H12BrClN4O. The predicted octanol–water partition coefficient (Wildman–Crippen LogP) is 3.34. The maximum Gasteiger partial charge on any atom is 0.255 e. The SMILES string of the molecule is Cc1ccc(Br)cc1NC(=O)c1cc(Cl)nc(NN)c1. The van der Waals surface area contributed by atoms with Gasteiger partial charge in [0.1, 0.15) is 11.0 Å². The number of benzene rings is 1. The molecule has 0 saturated carbocycles. The molecule has 0 aliphatic rings. The molecule has 1 aromatic heterocycles. The average molecular weight is 356 g/mol. The second-order valence-corrected chi connectivity index (χ2v) is 5.42. The minimum atomic E-state index is -0.285. The van der Waals surface area contributed by atoms with Gasteiger partial charge in [0.05, 0.1) is 0 Å². The van der Waals surface area contributed by atoms with Crippen LogP contribution in [0.2, 0.25) is 5.15 Å². The number of anilines is 2. The van der Waals surface area contributed by atoms with Crippen molar-refractivity contribution in [1.82, 2.24) is 4.98 Å². The first-order valence-electron chi connectivity index (χ1n) is 5.71. The van der Waals surface area contributed by atoms with Gasteiger partial charge in [0.2, 0.25) is 0 Å². The number of hydrazine groups is 1. The Morgan fingerprint density at radius 3 is 2.80 bits per heavy atom. The second kappa shape index (κ2) is 6.21. The summed E-state index contributed by atoms with van der Waals surface area (Å²) in [5.41, 5.74) is 4.42. The van der Waals surface area contributed by atoms with Crippen LogP contribution in [0.15, 0.2) is 34.8 Å². The van der Waals surface area contributed by atoms with Crippen LogP contribution in [0.3, 0.4) is 0 Å². The maximum atomic E-state index is 12.2. The fourth-order valence-electron chi connectivity index (χ4n) is 1.63. The lowest BCUT2D eigenvalue weighted by Crippen LogP contribution is -2.15. The van der Waals surface area contributed by atoms with Gasteiger partial charge in [-0.3, -0.25) is 4.79 Å². The van der Waals surface area contributed by atoms with Crippen LogP contribution in [0.4, 0.5) is 11.5 Å². The molecule has 0 bridgehead atoms. The van der Waals surface area contributed by atoms with Gasteiger partial charge in [-0.1, -0.05) is 33.6 Å². The number of hydrogen-bond acceptors (Lipinski definition) is 4. The Hall–Kier alpha value is -1.63. The highest BCUT2D eigenvalue weighted by Crippen LogP contribution is 2.22. The molecule has 0 atom stereocenters. The Morgan fingerprint density at radius 1 is 1.35 bits per heavy atom. The summed E-state index contributed by atoms with van der Waals surface area (Å²) in [6.07, 6.45) is 0. The van der Waals surface area contributed by atoms with Crippen molar-refractivity contribution in [2.45, 2.75) is 6.92 Å². The average Bonchev–Trinajstić information content (AvgIpc) is 2.42. The molecule has 1 amide bonds. The van der Waals surface area contributed by atoms with Crippen molar-refractivity contribution in [2.75, 3.05) is 10.7 Å². The molecule has 7 heteroatoms. The van der Waals surface area contributed by atoms with Crippen molar-refractivity contribution in [2.24, 2.45) is 5.84 Å². The highest BCUT2D eigenvalue weighted by molar-refractivity contribution is 9.10. The van der Waals surface area contributed by atoms with E-state index in [2.05, 4.69) is 31.7 Å². The molecule has 0 fully saturated rings. The van der Waals surface area contributed by atoms with Crippen molar-refractivity contribution < 1.29 is 4.79 Å². The van der Waals surface area contributed by atoms with E-state index in [0.717, 1.165) is 15.7 Å². The van der Waals surface area contributed by atoms with Crippen molar-refractivity contribution >= 4 is 44.9 Å². The van der Waals surface area contributed by atoms with E-state index in [1.165, 1.54) is 12.1 Å². The molecule has 4 N–H and O–H groups in total. The summed E-state index contributed by atoms with van der Waals surface area (Å²) >= 11 is 9.21. The summed E-state index contributed by atoms with van der Waals surface area (Å²) in [7, 11) is 0. The van der Waals surface area contributed by atoms with E-state index in [1.54, 1.807) is 0 Å². The Labute approximate surface area is 129 Å². The van der Waals surface area contributed by atoms with Crippen molar-refractivity contribution in [1.29, 1.82) is 0 Å². The van der Waals surface area contributed by atoms with E-state index in [-0.39, 0.29) is 11.1 Å². The zero-order valence-corrected chi connectivity index (χ0v) is 12.9. The van der Waals surface area contributed by atoms with Crippen molar-refractivity contribution in [3.63, 3.8) is 0 Å². The molecule has 5 nitrogen and oxygen atoms in total. The lowest BCUT2D eigenvalue weighted by atomic mass is 10.2. The minimum Gasteiger partial charge on any atom is -0.322 e. The molecule has 0 radical (unpaired) electrons. The number of aromatic nitrogens is 1. The third kappa shape index (κ3) is 3.47. The molecule has 20 heavy (non-hydrogen) atoms. The van der Waals surface area contributed by atoms with Crippen LogP contribution < -0.4 is 16.6 Å². The fourth-order valence-corrected chi connectivity index (χ4v) is 2.19. The molecule has 1 heterocycles. The number of carbonyl (C=O) groups is 1. The second-order valence-electron chi connectivity index (χ2n) is 4.12. The van der Waals surface area contributed by atoms with Gasteiger partial charge < -0.3 is 10.7 Å². The Morgan fingerprint density at radius 2 is 2.10 bits per heavy atom. The largest absolute Gasteiger partial charge is 0.322 e. The number of pyridine rings is 1. The quantitative estimate of drug-likeness (QED) is 0.448. The number of hydrogen-bond donors (Lipinski definition) is 3. The van der Waals surface area contributed by atoms with Gasteiger partial charge in [-0.2, -0.15) is 0 Å². The third-order valence-corrected chi connectivity index (χ3v) is 3.34. The molecule has 0 saturated heterocycles. The molecular weight excluding hydrogens is 344 g/mol. The van der Waals surface area contributed by atoms with Gasteiger partial charge in [-0.25, -0.2) is 10.8 Å². The van der Waals surface area contributed by atoms with Gasteiger partial charge in [-0.15, -0.1) is 0 Å². The summed E-state index contributed by atoms with van der Waals surface area (Å²) in [5.74, 6) is 5.32. The first kappa shape index (κ1) is 14.8. The molecule has 104 valence electrons. The summed E-state index contributed by atoms with van der Waals surface area (Å²) in [6, 6.07) is 8.65. The zero-order chi connectivity index (χ0) is 14.7. The molecule has 2 aromatic rings. The molecule has 2 rings (SSSR count). The van der Waals surface area contributed by atoms with Gasteiger partial charge >= 0.3 is 0 Å². The molecule has 0 spiro atoms. The first-order valence-corrected chi connectivity index (χ1v) is 6.88. The number of rotatable bonds is 3. The number of aryl methyl sites for hydroxylation is 1. The number of nitrogen functional groups attached to an aromatic ring is 1. The topological polar surface area (TPSA) is 80.0 Å². The zero-order valence-electron chi connectivity index (χ0n) is 10.6. The van der Waals surface area contributed by atoms with E-state index in [4.69, 9.17) is 17.4 Å². The number of nitrogens with zero attached hydrogens (tertiary/aromatic N) is 1. The first-order chi connectivity index (χ1) is 9.49. The maximum absolute atomic E-state index is 12.2. The van der Waals surface area contributed by atoms with E-state index in [9.17, 15) is 4.79 Å². The normalized spacial score (nSPS) is 10.2. The number of nitrogens with one attached hydrogen (secondary N) is 2. The monoisotopic (exact) mass is 354 g/mol. The summed E-state index contributed by atoms with van der Waals surface area (Å²) in [4.78, 5) is 16.1. The van der Waals surface area contributed by atoms with E-state index < -0.39 is 0 Å². The number of halogens is 2. The van der Waals surface area contributed by atoms with Crippen LogP contribution in [-0.4, -0.2) is 10.9 Å². The van der Waals surface area contributed by atoms with Crippen LogP contribution in [0.5, 0.6) is 0 Å². The minimum absolute atomic E-state index is 0.191. The smallest absolute Gasteiger partial charge is 0.255 e. The Kier molecular flexibility index (Phi) is 4.59. The van der Waals surface area contributed by atoms with Crippen LogP contribution >= 0.6 is 27.5 Å². The standard InChI is InChI=1S/C13H12BrClN4O/c1-7-2-3-9(14)6-10(7)17-13(20)8-4-11(15)18-12(5-8)19-16/h2-6H,16H2,1H3,(H,17,20)(H,18,19). The van der Waals surface area contributed by atoms with Gasteiger partial charge in [-0.05, 0) is 36.8 Å². The lowest BCUT2D eigenvalue weighted by Gasteiger charge is -2.10. The van der Waals surface area contributed by atoms with E-state index in [1.807, 2.05) is 25.1 Å². The number of carbonyl (C=O) groups excluding carboxylic acids is 1. The molecule has 0 aliphatic heterocycles. The van der Waals surface area contributed by atoms with Crippen LogP contribution in [0.1, 0.15) is 15.9 Å². The van der Waals surface area contributed by atoms with E-state index >= 15 is 0 Å². The summed E-state index contributed by atoms with van der Waals surface area (Å²) in [5, 5.41) is 3.01.